The molecule has 1 saturated heterocycles. The fourth-order valence-corrected chi connectivity index (χ4v) is 4.08. The molecule has 2 aliphatic rings. The maximum atomic E-state index is 12.8. The monoisotopic (exact) mass is 463 g/mol. The van der Waals surface area contributed by atoms with Crippen LogP contribution in [0.15, 0.2) is 42.5 Å². The van der Waals surface area contributed by atoms with Crippen LogP contribution in [-0.4, -0.2) is 52.0 Å². The van der Waals surface area contributed by atoms with E-state index in [2.05, 4.69) is 22.4 Å². The minimum atomic E-state index is -5.08. The number of pyridine rings is 1. The summed E-state index contributed by atoms with van der Waals surface area (Å²) in [6.45, 7) is 3.65. The van der Waals surface area contributed by atoms with Crippen LogP contribution in [0.4, 0.5) is 13.2 Å². The van der Waals surface area contributed by atoms with Gasteiger partial charge in [-0.15, -0.1) is 0 Å². The number of carbonyl (C=O) groups excluding carboxylic acids is 2. The summed E-state index contributed by atoms with van der Waals surface area (Å²) in [7, 11) is 0. The quantitative estimate of drug-likeness (QED) is 0.677. The van der Waals surface area contributed by atoms with E-state index in [1.165, 1.54) is 11.1 Å². The second kappa shape index (κ2) is 9.60. The SMILES string of the molecule is Cc1cccc(C(=O)N2CCC3(CC2)Cc2ccccc2CNC3=O)n1.O=C(O)C(F)(F)F. The van der Waals surface area contributed by atoms with Gasteiger partial charge in [0.05, 0.1) is 5.41 Å². The normalized spacial score (nSPS) is 17.2. The van der Waals surface area contributed by atoms with E-state index >= 15 is 0 Å². The molecule has 2 aliphatic heterocycles. The second-order valence-corrected chi connectivity index (χ2v) is 8.17. The molecule has 1 aromatic carbocycles. The number of fused-ring (bicyclic) bond motifs is 1. The van der Waals surface area contributed by atoms with Crippen LogP contribution in [-0.2, 0) is 22.6 Å². The highest BCUT2D eigenvalue weighted by Gasteiger charge is 2.44. The number of hydrogen-bond donors (Lipinski definition) is 2. The first-order valence-electron chi connectivity index (χ1n) is 10.4. The number of alkyl halides is 3. The Morgan fingerprint density at radius 2 is 1.67 bits per heavy atom. The van der Waals surface area contributed by atoms with Crippen molar-refractivity contribution < 1.29 is 32.7 Å². The number of likely N-dealkylation sites (tertiary alicyclic amines) is 1. The fourth-order valence-electron chi connectivity index (χ4n) is 4.08. The van der Waals surface area contributed by atoms with Crippen LogP contribution in [0.1, 0.15) is 40.2 Å². The number of piperidine rings is 1. The molecule has 2 aromatic rings. The van der Waals surface area contributed by atoms with Gasteiger partial charge in [0.15, 0.2) is 0 Å². The van der Waals surface area contributed by atoms with Crippen LogP contribution in [0.5, 0.6) is 0 Å². The molecule has 1 fully saturated rings. The van der Waals surface area contributed by atoms with Crippen LogP contribution >= 0.6 is 0 Å². The van der Waals surface area contributed by atoms with Gasteiger partial charge in [-0.3, -0.25) is 9.59 Å². The molecule has 0 saturated carbocycles. The largest absolute Gasteiger partial charge is 0.490 e. The Balaban J connectivity index is 0.000000383. The standard InChI is InChI=1S/C21H23N3O2.C2HF3O2/c1-15-5-4-8-18(23-15)19(25)24-11-9-21(10-12-24)13-16-6-2-3-7-17(16)14-22-20(21)26;3-2(4,5)1(6)7/h2-8H,9-14H2,1H3,(H,22,26);(H,6,7). The molecule has 33 heavy (non-hydrogen) atoms. The maximum absolute atomic E-state index is 12.8. The average Bonchev–Trinajstić information content (AvgIpc) is 2.90. The van der Waals surface area contributed by atoms with Crippen LogP contribution in [0.3, 0.4) is 0 Å². The second-order valence-electron chi connectivity index (χ2n) is 8.17. The Kier molecular flexibility index (Phi) is 7.04. The van der Waals surface area contributed by atoms with Crippen LogP contribution in [0.25, 0.3) is 0 Å². The average molecular weight is 463 g/mol. The number of carboxylic acids is 1. The topological polar surface area (TPSA) is 99.6 Å². The zero-order chi connectivity index (χ0) is 24.2. The number of aryl methyl sites for hydroxylation is 1. The van der Waals surface area contributed by atoms with Gasteiger partial charge in [0, 0.05) is 25.3 Å². The van der Waals surface area contributed by atoms with Gasteiger partial charge in [-0.2, -0.15) is 13.2 Å². The van der Waals surface area contributed by atoms with Crippen molar-refractivity contribution in [3.05, 3.63) is 65.0 Å². The first-order valence-corrected chi connectivity index (χ1v) is 10.4. The number of benzene rings is 1. The van der Waals surface area contributed by atoms with Gasteiger partial charge in [-0.05, 0) is 49.4 Å². The number of aromatic nitrogens is 1. The lowest BCUT2D eigenvalue weighted by Crippen LogP contribution is -2.50. The van der Waals surface area contributed by atoms with E-state index in [9.17, 15) is 22.8 Å². The van der Waals surface area contributed by atoms with Crippen molar-refractivity contribution in [2.24, 2.45) is 5.41 Å². The van der Waals surface area contributed by atoms with E-state index < -0.39 is 17.6 Å². The fraction of sp³-hybridized carbons (Fsp3) is 0.391. The molecule has 2 N–H and O–H groups in total. The minimum Gasteiger partial charge on any atom is -0.475 e. The van der Waals surface area contributed by atoms with Crippen molar-refractivity contribution in [3.8, 4) is 0 Å². The Labute approximate surface area is 188 Å². The zero-order valence-corrected chi connectivity index (χ0v) is 18.0. The number of carboxylic acid groups (broad SMARTS) is 1. The van der Waals surface area contributed by atoms with E-state index in [4.69, 9.17) is 9.90 Å². The molecule has 0 unspecified atom stereocenters. The Morgan fingerprint density at radius 1 is 1.06 bits per heavy atom. The summed E-state index contributed by atoms with van der Waals surface area (Å²) in [5.74, 6) is -2.68. The van der Waals surface area contributed by atoms with Gasteiger partial charge in [-0.25, -0.2) is 9.78 Å². The number of rotatable bonds is 1. The zero-order valence-electron chi connectivity index (χ0n) is 18.0. The molecular formula is C23H24F3N3O4. The van der Waals surface area contributed by atoms with E-state index in [-0.39, 0.29) is 11.8 Å². The smallest absolute Gasteiger partial charge is 0.475 e. The predicted molar refractivity (Wildman–Crippen MR) is 112 cm³/mol. The van der Waals surface area contributed by atoms with E-state index in [1.54, 1.807) is 6.07 Å². The first-order chi connectivity index (χ1) is 15.5. The van der Waals surface area contributed by atoms with Crippen molar-refractivity contribution >= 4 is 17.8 Å². The molecule has 1 spiro atoms. The van der Waals surface area contributed by atoms with Gasteiger partial charge in [0.1, 0.15) is 5.69 Å². The predicted octanol–water partition coefficient (Wildman–Crippen LogP) is 3.12. The molecule has 0 aliphatic carbocycles. The van der Waals surface area contributed by atoms with Gasteiger partial charge in [0.25, 0.3) is 5.91 Å². The Bertz CT molecular complexity index is 1050. The van der Waals surface area contributed by atoms with Crippen LogP contribution < -0.4 is 5.32 Å². The molecule has 10 heteroatoms. The van der Waals surface area contributed by atoms with Crippen molar-refractivity contribution in [1.82, 2.24) is 15.2 Å². The Hall–Kier alpha value is -3.43. The lowest BCUT2D eigenvalue weighted by Gasteiger charge is -2.40. The first kappa shape index (κ1) is 24.2. The molecule has 0 bridgehead atoms. The summed E-state index contributed by atoms with van der Waals surface area (Å²) in [6, 6.07) is 13.7. The van der Waals surface area contributed by atoms with E-state index in [0.29, 0.717) is 38.2 Å². The van der Waals surface area contributed by atoms with Crippen molar-refractivity contribution in [2.45, 2.75) is 38.9 Å². The van der Waals surface area contributed by atoms with Crippen molar-refractivity contribution in [3.63, 3.8) is 0 Å². The summed E-state index contributed by atoms with van der Waals surface area (Å²) in [6.07, 6.45) is -2.96. The minimum absolute atomic E-state index is 0.0435. The third kappa shape index (κ3) is 5.68. The third-order valence-corrected chi connectivity index (χ3v) is 5.93. The number of amides is 2. The van der Waals surface area contributed by atoms with Gasteiger partial charge < -0.3 is 15.3 Å². The number of nitrogens with zero attached hydrogens (tertiary/aromatic N) is 2. The number of carbonyl (C=O) groups is 3. The highest BCUT2D eigenvalue weighted by Crippen LogP contribution is 2.38. The molecule has 2 amide bonds. The van der Waals surface area contributed by atoms with E-state index in [1.807, 2.05) is 36.1 Å². The van der Waals surface area contributed by atoms with Crippen LogP contribution in [0.2, 0.25) is 0 Å². The number of aliphatic carboxylic acids is 1. The number of halogens is 3. The summed E-state index contributed by atoms with van der Waals surface area (Å²) in [4.78, 5) is 40.6. The molecule has 0 atom stereocenters. The van der Waals surface area contributed by atoms with Crippen molar-refractivity contribution in [2.75, 3.05) is 13.1 Å². The van der Waals surface area contributed by atoms with Gasteiger partial charge in [-0.1, -0.05) is 30.3 Å². The third-order valence-electron chi connectivity index (χ3n) is 5.93. The van der Waals surface area contributed by atoms with E-state index in [0.717, 1.165) is 12.1 Å². The summed E-state index contributed by atoms with van der Waals surface area (Å²) < 4.78 is 31.7. The van der Waals surface area contributed by atoms with Crippen LogP contribution in [0, 0.1) is 12.3 Å². The molecule has 3 heterocycles. The van der Waals surface area contributed by atoms with Crippen molar-refractivity contribution in [1.29, 1.82) is 0 Å². The summed E-state index contributed by atoms with van der Waals surface area (Å²) in [5, 5.41) is 10.2. The molecule has 176 valence electrons. The molecule has 4 rings (SSSR count). The summed E-state index contributed by atoms with van der Waals surface area (Å²) >= 11 is 0. The number of hydrogen-bond acceptors (Lipinski definition) is 4. The highest BCUT2D eigenvalue weighted by molar-refractivity contribution is 5.92. The lowest BCUT2D eigenvalue weighted by atomic mass is 9.73. The molecule has 1 aromatic heterocycles. The Morgan fingerprint density at radius 3 is 2.24 bits per heavy atom. The number of nitrogens with one attached hydrogen (secondary N) is 1. The molecule has 7 nitrogen and oxygen atoms in total. The molecule has 0 radical (unpaired) electrons. The van der Waals surface area contributed by atoms with Gasteiger partial charge >= 0.3 is 12.1 Å². The lowest BCUT2D eigenvalue weighted by molar-refractivity contribution is -0.192. The highest BCUT2D eigenvalue weighted by atomic mass is 19.4. The summed E-state index contributed by atoms with van der Waals surface area (Å²) in [5.41, 5.74) is 3.34. The maximum Gasteiger partial charge on any atom is 0.490 e. The van der Waals surface area contributed by atoms with Gasteiger partial charge in [0.2, 0.25) is 5.91 Å². The molecular weight excluding hydrogens is 439 g/mol.